The first-order valence-electron chi connectivity index (χ1n) is 9.14. The minimum absolute atomic E-state index is 0.238. The fourth-order valence-corrected chi connectivity index (χ4v) is 3.38. The smallest absolute Gasteiger partial charge is 0.268 e. The predicted octanol–water partition coefficient (Wildman–Crippen LogP) is 1.32. The largest absolute Gasteiger partial charge is 0.491 e. The van der Waals surface area contributed by atoms with Crippen LogP contribution in [0.15, 0.2) is 73.3 Å². The summed E-state index contributed by atoms with van der Waals surface area (Å²) >= 11 is 0. The maximum atomic E-state index is 12.1. The predicted molar refractivity (Wildman–Crippen MR) is 115 cm³/mol. The zero-order valence-corrected chi connectivity index (χ0v) is 18.2. The highest BCUT2D eigenvalue weighted by molar-refractivity contribution is 7.88. The van der Waals surface area contributed by atoms with Crippen molar-refractivity contribution in [2.75, 3.05) is 20.0 Å². The number of nitrogens with zero attached hydrogens (tertiary/aromatic N) is 3. The molecule has 11 heteroatoms. The van der Waals surface area contributed by atoms with Gasteiger partial charge in [-0.2, -0.15) is 9.82 Å². The summed E-state index contributed by atoms with van der Waals surface area (Å²) in [6.07, 6.45) is 3.93. The van der Waals surface area contributed by atoms with Crippen LogP contribution in [0.4, 0.5) is 0 Å². The van der Waals surface area contributed by atoms with Crippen molar-refractivity contribution >= 4 is 15.9 Å². The molecule has 0 bridgehead atoms. The zero-order valence-electron chi connectivity index (χ0n) is 17.4. The number of benzene rings is 2. The summed E-state index contributed by atoms with van der Waals surface area (Å²) in [5.74, 6) is -0.227. The lowest BCUT2D eigenvalue weighted by Gasteiger charge is -2.27. The average molecular weight is 448 g/mol. The molecule has 1 amide bonds. The zero-order chi connectivity index (χ0) is 22.7. The fraction of sp³-hybridized carbons (Fsp3) is 0.250. The van der Waals surface area contributed by atoms with E-state index in [-0.39, 0.29) is 6.61 Å². The Bertz CT molecular complexity index is 1000. The molecule has 1 aromatic heterocycles. The molecule has 2 aromatic carbocycles. The van der Waals surface area contributed by atoms with E-state index in [1.807, 2.05) is 36.4 Å². The second-order valence-corrected chi connectivity index (χ2v) is 8.37. The second kappa shape index (κ2) is 11.2. The third-order valence-corrected chi connectivity index (χ3v) is 4.64. The molecule has 31 heavy (non-hydrogen) atoms. The highest BCUT2D eigenvalue weighted by Crippen LogP contribution is 2.17. The molecule has 166 valence electrons. The van der Waals surface area contributed by atoms with Gasteiger partial charge in [-0.05, 0) is 31.2 Å². The van der Waals surface area contributed by atoms with Crippen molar-refractivity contribution in [3.8, 4) is 11.4 Å². The van der Waals surface area contributed by atoms with E-state index >= 15 is 0 Å². The van der Waals surface area contributed by atoms with E-state index < -0.39 is 21.5 Å². The Morgan fingerprint density at radius 1 is 1.10 bits per heavy atom. The van der Waals surface area contributed by atoms with E-state index in [1.54, 1.807) is 35.3 Å². The van der Waals surface area contributed by atoms with Gasteiger partial charge < -0.3 is 4.74 Å². The van der Waals surface area contributed by atoms with Crippen molar-refractivity contribution in [1.82, 2.24) is 25.0 Å². The first-order chi connectivity index (χ1) is 14.7. The Balaban J connectivity index is 0.000000488. The number of sulfonamides is 1. The molecule has 0 aliphatic carbocycles. The highest BCUT2D eigenvalue weighted by atomic mass is 32.2. The average Bonchev–Trinajstić information content (AvgIpc) is 3.28. The van der Waals surface area contributed by atoms with Crippen LogP contribution in [0, 0.1) is 0 Å². The van der Waals surface area contributed by atoms with Crippen molar-refractivity contribution in [1.29, 1.82) is 0 Å². The molecule has 0 saturated heterocycles. The van der Waals surface area contributed by atoms with Gasteiger partial charge in [0.1, 0.15) is 30.5 Å². The van der Waals surface area contributed by atoms with Crippen molar-refractivity contribution < 1.29 is 22.8 Å². The monoisotopic (exact) mass is 447 g/mol. The summed E-state index contributed by atoms with van der Waals surface area (Å²) in [6, 6.07) is 18.8. The Morgan fingerprint density at radius 3 is 2.13 bits per heavy atom. The molecule has 3 aromatic rings. The quantitative estimate of drug-likeness (QED) is 0.499. The summed E-state index contributed by atoms with van der Waals surface area (Å²) in [7, 11) is -2.40. The van der Waals surface area contributed by atoms with E-state index in [1.165, 1.54) is 20.4 Å². The standard InChI is InChI=1S/C14H19N5O5S.C6H6/c1-14(13(20)17-23-2,18-25(3,21)22)8-24-12-6-4-11(5-7-12)19-10-15-9-16-19;1-2-4-6-5-3-1/h4-7,9-10,18H,8H2,1-3H3,(H,17,20);1-6H. The number of aromatic nitrogens is 3. The summed E-state index contributed by atoms with van der Waals surface area (Å²) in [5.41, 5.74) is 1.34. The molecular weight excluding hydrogens is 422 g/mol. The van der Waals surface area contributed by atoms with Crippen LogP contribution < -0.4 is 14.9 Å². The Hall–Kier alpha value is -3.28. The first kappa shape index (κ1) is 24.0. The Kier molecular flexibility index (Phi) is 8.67. The summed E-state index contributed by atoms with van der Waals surface area (Å²) in [6.45, 7) is 1.16. The van der Waals surface area contributed by atoms with Crippen LogP contribution in [0.2, 0.25) is 0 Å². The van der Waals surface area contributed by atoms with Crippen LogP contribution >= 0.6 is 0 Å². The van der Waals surface area contributed by atoms with Gasteiger partial charge in [-0.3, -0.25) is 9.63 Å². The molecular formula is C20H25N5O5S. The van der Waals surface area contributed by atoms with Crippen LogP contribution in [0.25, 0.3) is 5.69 Å². The summed E-state index contributed by atoms with van der Waals surface area (Å²) in [4.78, 5) is 20.5. The number of carbonyl (C=O) groups excluding carboxylic acids is 1. The van der Waals surface area contributed by atoms with Crippen LogP contribution in [0.1, 0.15) is 6.92 Å². The van der Waals surface area contributed by atoms with Crippen molar-refractivity contribution in [3.05, 3.63) is 73.3 Å². The maximum absolute atomic E-state index is 12.1. The van der Waals surface area contributed by atoms with E-state index in [0.717, 1.165) is 11.9 Å². The lowest BCUT2D eigenvalue weighted by Crippen LogP contribution is -2.59. The number of hydroxylamine groups is 1. The SMILES string of the molecule is CONC(=O)C(C)(COc1ccc(-n2cncn2)cc1)NS(C)(=O)=O.c1ccccc1. The molecule has 1 unspecified atom stereocenters. The minimum Gasteiger partial charge on any atom is -0.491 e. The van der Waals surface area contributed by atoms with E-state index in [2.05, 4.69) is 25.1 Å². The Morgan fingerprint density at radius 2 is 1.68 bits per heavy atom. The van der Waals surface area contributed by atoms with Gasteiger partial charge >= 0.3 is 0 Å². The van der Waals surface area contributed by atoms with Gasteiger partial charge in [0.05, 0.1) is 19.1 Å². The van der Waals surface area contributed by atoms with Crippen molar-refractivity contribution in [3.63, 3.8) is 0 Å². The number of amides is 1. The molecule has 2 N–H and O–H groups in total. The number of hydrogen-bond donors (Lipinski definition) is 2. The van der Waals surface area contributed by atoms with Crippen LogP contribution in [0.3, 0.4) is 0 Å². The number of nitrogens with one attached hydrogen (secondary N) is 2. The third kappa shape index (κ3) is 8.16. The van der Waals surface area contributed by atoms with Gasteiger partial charge in [0, 0.05) is 0 Å². The van der Waals surface area contributed by atoms with Gasteiger partial charge in [-0.25, -0.2) is 23.6 Å². The molecule has 1 atom stereocenters. The van der Waals surface area contributed by atoms with E-state index in [0.29, 0.717) is 5.75 Å². The van der Waals surface area contributed by atoms with Crippen LogP contribution in [0.5, 0.6) is 5.75 Å². The topological polar surface area (TPSA) is 124 Å². The van der Waals surface area contributed by atoms with Gasteiger partial charge in [-0.1, -0.05) is 36.4 Å². The second-order valence-electron chi connectivity index (χ2n) is 6.62. The summed E-state index contributed by atoms with van der Waals surface area (Å²) in [5, 5.41) is 4.01. The van der Waals surface area contributed by atoms with Gasteiger partial charge in [0.25, 0.3) is 5.91 Å². The molecule has 10 nitrogen and oxygen atoms in total. The van der Waals surface area contributed by atoms with Gasteiger partial charge in [0.2, 0.25) is 10.0 Å². The van der Waals surface area contributed by atoms with Gasteiger partial charge in [0.15, 0.2) is 0 Å². The Labute approximate surface area is 181 Å². The van der Waals surface area contributed by atoms with Crippen LogP contribution in [-0.4, -0.2) is 54.6 Å². The first-order valence-corrected chi connectivity index (χ1v) is 11.0. The van der Waals surface area contributed by atoms with Gasteiger partial charge in [-0.15, -0.1) is 0 Å². The molecule has 1 heterocycles. The molecule has 0 spiro atoms. The molecule has 0 fully saturated rings. The number of rotatable bonds is 8. The van der Waals surface area contributed by atoms with Crippen LogP contribution in [-0.2, 0) is 19.7 Å². The third-order valence-electron chi connectivity index (χ3n) is 3.82. The molecule has 0 radical (unpaired) electrons. The lowest BCUT2D eigenvalue weighted by molar-refractivity contribution is -0.138. The number of carbonyl (C=O) groups is 1. The molecule has 3 rings (SSSR count). The minimum atomic E-state index is -3.65. The molecule has 0 aliphatic rings. The maximum Gasteiger partial charge on any atom is 0.268 e. The normalized spacial score (nSPS) is 12.7. The lowest BCUT2D eigenvalue weighted by atomic mass is 10.1. The molecule has 0 saturated carbocycles. The fourth-order valence-electron chi connectivity index (χ4n) is 2.41. The number of hydrogen-bond acceptors (Lipinski definition) is 7. The molecule has 0 aliphatic heterocycles. The highest BCUT2D eigenvalue weighted by Gasteiger charge is 2.37. The summed E-state index contributed by atoms with van der Waals surface area (Å²) < 4.78 is 32.5. The number of ether oxygens (including phenoxy) is 1. The van der Waals surface area contributed by atoms with E-state index in [9.17, 15) is 13.2 Å². The van der Waals surface area contributed by atoms with Crippen molar-refractivity contribution in [2.45, 2.75) is 12.5 Å². The van der Waals surface area contributed by atoms with E-state index in [4.69, 9.17) is 4.74 Å². The van der Waals surface area contributed by atoms with Crippen molar-refractivity contribution in [2.24, 2.45) is 0 Å².